The van der Waals surface area contributed by atoms with E-state index < -0.39 is 0 Å². The predicted molar refractivity (Wildman–Crippen MR) is 125 cm³/mol. The lowest BCUT2D eigenvalue weighted by atomic mass is 10.1. The Morgan fingerprint density at radius 3 is 2.81 bits per heavy atom. The molecule has 0 unspecified atom stereocenters. The quantitative estimate of drug-likeness (QED) is 0.366. The first-order valence-electron chi connectivity index (χ1n) is 10.0. The van der Waals surface area contributed by atoms with E-state index in [0.29, 0.717) is 30.4 Å². The molecule has 4 rings (SSSR count). The number of anilines is 1. The molecule has 7 heteroatoms. The van der Waals surface area contributed by atoms with Gasteiger partial charge in [-0.05, 0) is 73.6 Å². The summed E-state index contributed by atoms with van der Waals surface area (Å²) >= 11 is 5.73. The number of aromatic amines is 1. The first-order valence-corrected chi connectivity index (χ1v) is 10.4. The van der Waals surface area contributed by atoms with Crippen LogP contribution in [0.15, 0.2) is 65.3 Å². The van der Waals surface area contributed by atoms with Crippen molar-refractivity contribution in [2.24, 2.45) is 0 Å². The molecular formula is C24H24FN3O2S. The number of nitrogens with one attached hydrogen (secondary N) is 2. The van der Waals surface area contributed by atoms with Gasteiger partial charge >= 0.3 is 0 Å². The van der Waals surface area contributed by atoms with E-state index in [1.165, 1.54) is 6.07 Å². The number of benzene rings is 2. The van der Waals surface area contributed by atoms with E-state index in [4.69, 9.17) is 21.4 Å². The molecule has 0 amide bonds. The molecule has 2 aromatic carbocycles. The Hall–Kier alpha value is -3.32. The summed E-state index contributed by atoms with van der Waals surface area (Å²) in [6, 6.07) is 16.2. The van der Waals surface area contributed by atoms with Crippen LogP contribution in [0.25, 0.3) is 10.9 Å². The fourth-order valence-corrected chi connectivity index (χ4v) is 3.97. The molecule has 0 saturated carbocycles. The number of ether oxygens (including phenoxy) is 1. The van der Waals surface area contributed by atoms with Crippen molar-refractivity contribution in [3.63, 3.8) is 0 Å². The summed E-state index contributed by atoms with van der Waals surface area (Å²) in [4.78, 5) is 5.38. The summed E-state index contributed by atoms with van der Waals surface area (Å²) < 4.78 is 24.8. The Morgan fingerprint density at radius 2 is 2.03 bits per heavy atom. The normalized spacial score (nSPS) is 10.9. The summed E-state index contributed by atoms with van der Waals surface area (Å²) in [5.41, 5.74) is 3.84. The third kappa shape index (κ3) is 4.72. The number of fused-ring (bicyclic) bond motifs is 1. The third-order valence-electron chi connectivity index (χ3n) is 5.28. The lowest BCUT2D eigenvalue weighted by Crippen LogP contribution is -2.36. The number of aryl methyl sites for hydroxylation is 1. The van der Waals surface area contributed by atoms with Crippen molar-refractivity contribution in [3.8, 4) is 5.75 Å². The number of aromatic nitrogens is 1. The molecular weight excluding hydrogens is 413 g/mol. The van der Waals surface area contributed by atoms with Gasteiger partial charge in [0.1, 0.15) is 17.3 Å². The second kappa shape index (κ2) is 9.22. The van der Waals surface area contributed by atoms with Crippen molar-refractivity contribution in [1.29, 1.82) is 0 Å². The van der Waals surface area contributed by atoms with Crippen molar-refractivity contribution in [3.05, 3.63) is 83.7 Å². The Kier molecular flexibility index (Phi) is 6.23. The SMILES string of the molecule is COc1ccccc1NC(=S)N(CCc1c(C)[nH]c2ccc(F)cc12)Cc1ccco1. The summed E-state index contributed by atoms with van der Waals surface area (Å²) in [5.74, 6) is 1.28. The van der Waals surface area contributed by atoms with Crippen molar-refractivity contribution in [2.45, 2.75) is 19.9 Å². The number of furan rings is 1. The van der Waals surface area contributed by atoms with Crippen LogP contribution in [0.4, 0.5) is 10.1 Å². The first kappa shape index (κ1) is 20.9. The molecule has 0 saturated heterocycles. The number of rotatable bonds is 7. The Balaban J connectivity index is 1.56. The molecule has 0 atom stereocenters. The molecule has 0 aliphatic rings. The summed E-state index contributed by atoms with van der Waals surface area (Å²) in [5, 5.41) is 4.75. The minimum absolute atomic E-state index is 0.242. The van der Waals surface area contributed by atoms with E-state index in [1.807, 2.05) is 48.2 Å². The van der Waals surface area contributed by atoms with Gasteiger partial charge in [0.15, 0.2) is 5.11 Å². The van der Waals surface area contributed by atoms with Crippen LogP contribution in [0, 0.1) is 12.7 Å². The minimum Gasteiger partial charge on any atom is -0.495 e. The molecule has 31 heavy (non-hydrogen) atoms. The number of H-pyrrole nitrogens is 1. The van der Waals surface area contributed by atoms with Gasteiger partial charge in [-0.25, -0.2) is 4.39 Å². The smallest absolute Gasteiger partial charge is 0.173 e. The van der Waals surface area contributed by atoms with Crippen molar-refractivity contribution in [1.82, 2.24) is 9.88 Å². The Bertz CT molecular complexity index is 1190. The highest BCUT2D eigenvalue weighted by atomic mass is 32.1. The van der Waals surface area contributed by atoms with Crippen LogP contribution < -0.4 is 10.1 Å². The van der Waals surface area contributed by atoms with Crippen LogP contribution in [-0.4, -0.2) is 28.7 Å². The van der Waals surface area contributed by atoms with E-state index in [9.17, 15) is 4.39 Å². The van der Waals surface area contributed by atoms with Crippen molar-refractivity contribution >= 4 is 33.9 Å². The van der Waals surface area contributed by atoms with Gasteiger partial charge < -0.3 is 24.4 Å². The molecule has 0 bridgehead atoms. The third-order valence-corrected chi connectivity index (χ3v) is 5.64. The van der Waals surface area contributed by atoms with Crippen LogP contribution in [0.3, 0.4) is 0 Å². The molecule has 0 spiro atoms. The second-order valence-corrected chi connectivity index (χ2v) is 7.69. The number of methoxy groups -OCH3 is 1. The largest absolute Gasteiger partial charge is 0.495 e. The monoisotopic (exact) mass is 437 g/mol. The van der Waals surface area contributed by atoms with E-state index in [-0.39, 0.29) is 5.82 Å². The standard InChI is InChI=1S/C24H24FN3O2S/c1-16-19(20-14-17(25)9-10-21(20)26-16)11-12-28(15-18-6-5-13-30-18)24(31)27-22-7-3-4-8-23(22)29-2/h3-10,13-14,26H,11-12,15H2,1-2H3,(H,27,31). The van der Waals surface area contributed by atoms with Crippen LogP contribution in [0.2, 0.25) is 0 Å². The van der Waals surface area contributed by atoms with E-state index >= 15 is 0 Å². The van der Waals surface area contributed by atoms with Gasteiger partial charge in [-0.15, -0.1) is 0 Å². The van der Waals surface area contributed by atoms with E-state index in [2.05, 4.69) is 10.3 Å². The van der Waals surface area contributed by atoms with Gasteiger partial charge in [0.2, 0.25) is 0 Å². The van der Waals surface area contributed by atoms with Crippen LogP contribution in [0.5, 0.6) is 5.75 Å². The van der Waals surface area contributed by atoms with Crippen molar-refractivity contribution in [2.75, 3.05) is 19.0 Å². The molecule has 2 aromatic heterocycles. The van der Waals surface area contributed by atoms with Gasteiger partial charge in [0.05, 0.1) is 25.6 Å². The number of hydrogen-bond donors (Lipinski definition) is 2. The zero-order valence-corrected chi connectivity index (χ0v) is 18.3. The minimum atomic E-state index is -0.242. The summed E-state index contributed by atoms with van der Waals surface area (Å²) in [7, 11) is 1.63. The average Bonchev–Trinajstić information content (AvgIpc) is 3.38. The van der Waals surface area contributed by atoms with E-state index in [1.54, 1.807) is 25.5 Å². The van der Waals surface area contributed by atoms with Gasteiger partial charge in [-0.1, -0.05) is 12.1 Å². The molecule has 4 aromatic rings. The molecule has 0 aliphatic carbocycles. The highest BCUT2D eigenvalue weighted by Gasteiger charge is 2.16. The lowest BCUT2D eigenvalue weighted by Gasteiger charge is -2.25. The fourth-order valence-electron chi connectivity index (χ4n) is 3.71. The molecule has 0 radical (unpaired) electrons. The van der Waals surface area contributed by atoms with Gasteiger partial charge in [0, 0.05) is 23.1 Å². The number of hydrogen-bond acceptors (Lipinski definition) is 3. The fraction of sp³-hybridized carbons (Fsp3) is 0.208. The molecule has 5 nitrogen and oxygen atoms in total. The topological polar surface area (TPSA) is 53.4 Å². The average molecular weight is 438 g/mol. The molecule has 2 N–H and O–H groups in total. The Morgan fingerprint density at radius 1 is 1.19 bits per heavy atom. The maximum absolute atomic E-state index is 13.8. The molecule has 160 valence electrons. The zero-order valence-electron chi connectivity index (χ0n) is 17.4. The van der Waals surface area contributed by atoms with Crippen molar-refractivity contribution < 1.29 is 13.5 Å². The number of thiocarbonyl (C=S) groups is 1. The summed E-state index contributed by atoms with van der Waals surface area (Å²) in [6.07, 6.45) is 2.35. The molecule has 0 aliphatic heterocycles. The maximum Gasteiger partial charge on any atom is 0.173 e. The van der Waals surface area contributed by atoms with Gasteiger partial charge in [0.25, 0.3) is 0 Å². The van der Waals surface area contributed by atoms with E-state index in [0.717, 1.165) is 33.6 Å². The van der Waals surface area contributed by atoms with Gasteiger partial charge in [-0.3, -0.25) is 0 Å². The maximum atomic E-state index is 13.8. The Labute approximate surface area is 185 Å². The second-order valence-electron chi connectivity index (χ2n) is 7.30. The lowest BCUT2D eigenvalue weighted by molar-refractivity contribution is 0.368. The molecule has 0 fully saturated rings. The number of nitrogens with zero attached hydrogens (tertiary/aromatic N) is 1. The van der Waals surface area contributed by atoms with Crippen LogP contribution in [-0.2, 0) is 13.0 Å². The van der Waals surface area contributed by atoms with Gasteiger partial charge in [-0.2, -0.15) is 0 Å². The van der Waals surface area contributed by atoms with Crippen LogP contribution in [0.1, 0.15) is 17.0 Å². The molecule has 2 heterocycles. The number of para-hydroxylation sites is 2. The van der Waals surface area contributed by atoms with Crippen LogP contribution >= 0.6 is 12.2 Å². The first-order chi connectivity index (χ1) is 15.0. The number of halogens is 1. The zero-order chi connectivity index (χ0) is 21.8. The highest BCUT2D eigenvalue weighted by molar-refractivity contribution is 7.80. The highest BCUT2D eigenvalue weighted by Crippen LogP contribution is 2.26. The summed E-state index contributed by atoms with van der Waals surface area (Å²) in [6.45, 7) is 3.16. The predicted octanol–water partition coefficient (Wildman–Crippen LogP) is 5.66.